The van der Waals surface area contributed by atoms with Crippen molar-refractivity contribution < 1.29 is 9.21 Å². The Hall–Kier alpha value is -2.93. The maximum atomic E-state index is 12.2. The van der Waals surface area contributed by atoms with Gasteiger partial charge in [0.1, 0.15) is 6.54 Å². The van der Waals surface area contributed by atoms with Gasteiger partial charge in [-0.15, -0.1) is 10.2 Å². The summed E-state index contributed by atoms with van der Waals surface area (Å²) in [4.78, 5) is 24.3. The van der Waals surface area contributed by atoms with Crippen LogP contribution in [-0.2, 0) is 11.3 Å². The van der Waals surface area contributed by atoms with Crippen LogP contribution in [0.25, 0.3) is 11.5 Å². The molecule has 0 fully saturated rings. The number of amides is 1. The van der Waals surface area contributed by atoms with Crippen LogP contribution < -0.4 is 10.9 Å². The summed E-state index contributed by atoms with van der Waals surface area (Å²) >= 11 is 5.82. The second-order valence-electron chi connectivity index (χ2n) is 6.04. The van der Waals surface area contributed by atoms with Crippen LogP contribution in [0.5, 0.6) is 0 Å². The van der Waals surface area contributed by atoms with Gasteiger partial charge in [-0.3, -0.25) is 9.59 Å². The maximum absolute atomic E-state index is 12.2. The van der Waals surface area contributed by atoms with E-state index in [0.29, 0.717) is 28.1 Å². The first-order valence-corrected chi connectivity index (χ1v) is 8.40. The number of nitrogens with zero attached hydrogens (tertiary/aromatic N) is 3. The van der Waals surface area contributed by atoms with Gasteiger partial charge < -0.3 is 14.3 Å². The number of nitrogens with one attached hydrogen (secondary N) is 1. The molecule has 0 atom stereocenters. The Bertz CT molecular complexity index is 977. The van der Waals surface area contributed by atoms with Crippen molar-refractivity contribution in [1.82, 2.24) is 14.8 Å². The fourth-order valence-electron chi connectivity index (χ4n) is 2.25. The van der Waals surface area contributed by atoms with E-state index in [-0.39, 0.29) is 23.9 Å². The first kappa shape index (κ1) is 17.9. The van der Waals surface area contributed by atoms with Crippen molar-refractivity contribution in [3.8, 4) is 11.5 Å². The quantitative estimate of drug-likeness (QED) is 0.742. The van der Waals surface area contributed by atoms with E-state index in [9.17, 15) is 9.59 Å². The number of aromatic nitrogens is 3. The Kier molecular flexibility index (Phi) is 5.18. The molecular weight excluding hydrogens is 356 g/mol. The summed E-state index contributed by atoms with van der Waals surface area (Å²) in [6.45, 7) is 3.75. The summed E-state index contributed by atoms with van der Waals surface area (Å²) in [5, 5.41) is 11.3. The summed E-state index contributed by atoms with van der Waals surface area (Å²) in [5.41, 5.74) is 0.869. The summed E-state index contributed by atoms with van der Waals surface area (Å²) in [6, 6.07) is 9.67. The number of benzene rings is 1. The van der Waals surface area contributed by atoms with Crippen LogP contribution in [0.4, 0.5) is 5.69 Å². The zero-order chi connectivity index (χ0) is 18.7. The van der Waals surface area contributed by atoms with Gasteiger partial charge in [-0.05, 0) is 30.3 Å². The predicted octanol–water partition coefficient (Wildman–Crippen LogP) is 3.31. The Balaban J connectivity index is 1.77. The topological polar surface area (TPSA) is 90.0 Å². The number of rotatable bonds is 5. The van der Waals surface area contributed by atoms with Gasteiger partial charge in [0.05, 0.1) is 5.56 Å². The van der Waals surface area contributed by atoms with Gasteiger partial charge in [0.25, 0.3) is 5.56 Å². The lowest BCUT2D eigenvalue weighted by Gasteiger charge is -2.08. The number of halogens is 1. The van der Waals surface area contributed by atoms with Gasteiger partial charge in [0.15, 0.2) is 0 Å². The zero-order valence-corrected chi connectivity index (χ0v) is 15.0. The van der Waals surface area contributed by atoms with Crippen LogP contribution >= 0.6 is 11.6 Å². The summed E-state index contributed by atoms with van der Waals surface area (Å²) < 4.78 is 6.88. The van der Waals surface area contributed by atoms with E-state index in [1.165, 1.54) is 16.8 Å². The highest BCUT2D eigenvalue weighted by Gasteiger charge is 2.13. The van der Waals surface area contributed by atoms with Gasteiger partial charge in [0, 0.05) is 28.9 Å². The molecule has 8 heteroatoms. The van der Waals surface area contributed by atoms with Gasteiger partial charge in [-0.25, -0.2) is 0 Å². The van der Waals surface area contributed by atoms with Crippen LogP contribution in [-0.4, -0.2) is 20.7 Å². The molecule has 134 valence electrons. The number of hydrogen-bond acceptors (Lipinski definition) is 5. The third-order valence-corrected chi connectivity index (χ3v) is 3.86. The number of hydrogen-bond donors (Lipinski definition) is 1. The molecular formula is C18H17ClN4O3. The van der Waals surface area contributed by atoms with E-state index in [2.05, 4.69) is 15.5 Å². The summed E-state index contributed by atoms with van der Waals surface area (Å²) in [5.74, 6) is 0.589. The predicted molar refractivity (Wildman–Crippen MR) is 98.2 cm³/mol. The highest BCUT2D eigenvalue weighted by atomic mass is 35.5. The average Bonchev–Trinajstić information content (AvgIpc) is 3.09. The van der Waals surface area contributed by atoms with Crippen molar-refractivity contribution in [2.45, 2.75) is 26.3 Å². The van der Waals surface area contributed by atoms with Crippen molar-refractivity contribution in [2.75, 3.05) is 5.32 Å². The number of carbonyl (C=O) groups is 1. The molecule has 3 rings (SSSR count). The third kappa shape index (κ3) is 4.18. The Morgan fingerprint density at radius 2 is 1.92 bits per heavy atom. The first-order valence-electron chi connectivity index (χ1n) is 8.02. The molecule has 0 radical (unpaired) electrons. The monoisotopic (exact) mass is 372 g/mol. The lowest BCUT2D eigenvalue weighted by atomic mass is 10.2. The van der Waals surface area contributed by atoms with Crippen molar-refractivity contribution in [2.24, 2.45) is 0 Å². The highest BCUT2D eigenvalue weighted by molar-refractivity contribution is 6.30. The molecule has 0 bridgehead atoms. The molecule has 0 unspecified atom stereocenters. The fourth-order valence-corrected chi connectivity index (χ4v) is 2.38. The minimum atomic E-state index is -0.333. The Morgan fingerprint density at radius 1 is 1.19 bits per heavy atom. The van der Waals surface area contributed by atoms with E-state index in [1.54, 1.807) is 30.3 Å². The lowest BCUT2D eigenvalue weighted by molar-refractivity contribution is -0.116. The van der Waals surface area contributed by atoms with E-state index in [0.717, 1.165) is 0 Å². The molecule has 1 amide bonds. The van der Waals surface area contributed by atoms with Crippen molar-refractivity contribution in [3.05, 3.63) is 63.9 Å². The first-order chi connectivity index (χ1) is 12.4. The van der Waals surface area contributed by atoms with Gasteiger partial charge in [-0.1, -0.05) is 25.4 Å². The van der Waals surface area contributed by atoms with Crippen molar-refractivity contribution in [1.29, 1.82) is 0 Å². The molecule has 0 aliphatic carbocycles. The van der Waals surface area contributed by atoms with E-state index < -0.39 is 0 Å². The van der Waals surface area contributed by atoms with Crippen LogP contribution in [0.2, 0.25) is 5.02 Å². The molecule has 1 aromatic carbocycles. The maximum Gasteiger partial charge on any atom is 0.251 e. The standard InChI is InChI=1S/C18H17ClN4O3/c1-11(2)17-21-22-18(26-17)12-3-8-16(25)23(9-12)10-15(24)20-14-6-4-13(19)5-7-14/h3-9,11H,10H2,1-2H3,(H,20,24). The molecule has 0 saturated heterocycles. The zero-order valence-electron chi connectivity index (χ0n) is 14.3. The lowest BCUT2D eigenvalue weighted by Crippen LogP contribution is -2.26. The Morgan fingerprint density at radius 3 is 2.58 bits per heavy atom. The van der Waals surface area contributed by atoms with Crippen molar-refractivity contribution >= 4 is 23.2 Å². The minimum absolute atomic E-state index is 0.104. The van der Waals surface area contributed by atoms with Gasteiger partial charge in [0.2, 0.25) is 17.7 Å². The fraction of sp³-hybridized carbons (Fsp3) is 0.222. The van der Waals surface area contributed by atoms with Gasteiger partial charge >= 0.3 is 0 Å². The molecule has 26 heavy (non-hydrogen) atoms. The molecule has 1 N–H and O–H groups in total. The SMILES string of the molecule is CC(C)c1nnc(-c2ccc(=O)n(CC(=O)Nc3ccc(Cl)cc3)c2)o1. The Labute approximate surface area is 154 Å². The normalized spacial score (nSPS) is 10.9. The molecule has 3 aromatic rings. The molecule has 0 saturated carbocycles. The molecule has 0 aliphatic rings. The van der Waals surface area contributed by atoms with Crippen LogP contribution in [0.15, 0.2) is 51.8 Å². The summed E-state index contributed by atoms with van der Waals surface area (Å²) in [7, 11) is 0. The number of carbonyl (C=O) groups excluding carboxylic acids is 1. The third-order valence-electron chi connectivity index (χ3n) is 3.61. The molecule has 7 nitrogen and oxygen atoms in total. The van der Waals surface area contributed by atoms with E-state index in [1.807, 2.05) is 13.8 Å². The van der Waals surface area contributed by atoms with Gasteiger partial charge in [-0.2, -0.15) is 0 Å². The second kappa shape index (κ2) is 7.53. The number of pyridine rings is 1. The van der Waals surface area contributed by atoms with E-state index in [4.69, 9.17) is 16.0 Å². The minimum Gasteiger partial charge on any atom is -0.420 e. The smallest absolute Gasteiger partial charge is 0.251 e. The van der Waals surface area contributed by atoms with Crippen molar-refractivity contribution in [3.63, 3.8) is 0 Å². The second-order valence-corrected chi connectivity index (χ2v) is 6.48. The summed E-state index contributed by atoms with van der Waals surface area (Å²) in [6.07, 6.45) is 1.53. The average molecular weight is 373 g/mol. The van der Waals surface area contributed by atoms with Crippen LogP contribution in [0.3, 0.4) is 0 Å². The number of anilines is 1. The van der Waals surface area contributed by atoms with Crippen LogP contribution in [0, 0.1) is 0 Å². The van der Waals surface area contributed by atoms with Crippen LogP contribution in [0.1, 0.15) is 25.7 Å². The highest BCUT2D eigenvalue weighted by Crippen LogP contribution is 2.20. The largest absolute Gasteiger partial charge is 0.420 e. The van der Waals surface area contributed by atoms with E-state index >= 15 is 0 Å². The molecule has 0 aliphatic heterocycles. The molecule has 0 spiro atoms. The molecule has 2 aromatic heterocycles. The molecule has 2 heterocycles.